The van der Waals surface area contributed by atoms with Gasteiger partial charge in [0, 0.05) is 32.6 Å². The zero-order valence-electron chi connectivity index (χ0n) is 15.6. The number of aromatic amines is 2. The summed E-state index contributed by atoms with van der Waals surface area (Å²) in [5, 5.41) is 1.35. The molecule has 5 rings (SSSR count). The summed E-state index contributed by atoms with van der Waals surface area (Å²) in [5.41, 5.74) is 1.39. The van der Waals surface area contributed by atoms with Crippen molar-refractivity contribution in [1.29, 1.82) is 0 Å². The third-order valence-corrected chi connectivity index (χ3v) is 5.71. The van der Waals surface area contributed by atoms with E-state index in [1.807, 2.05) is 0 Å². The van der Waals surface area contributed by atoms with Gasteiger partial charge in [-0.3, -0.25) is 9.59 Å². The van der Waals surface area contributed by atoms with Gasteiger partial charge in [0.2, 0.25) is 0 Å². The molecule has 154 valence electrons. The van der Waals surface area contributed by atoms with Crippen molar-refractivity contribution in [1.82, 2.24) is 9.97 Å². The number of aromatic nitrogens is 2. The van der Waals surface area contributed by atoms with Crippen LogP contribution in [-0.2, 0) is 10.1 Å². The Morgan fingerprint density at radius 1 is 0.645 bits per heavy atom. The molecule has 0 aliphatic carbocycles. The Balaban J connectivity index is 0.00000114. The Labute approximate surface area is 184 Å². The van der Waals surface area contributed by atoms with E-state index in [9.17, 15) is 22.6 Å². The molecule has 2 aromatic heterocycles. The van der Waals surface area contributed by atoms with E-state index < -0.39 is 20.4 Å². The zero-order chi connectivity index (χ0) is 19.6. The number of nitrogens with one attached hydrogen (secondary N) is 2. The number of para-hydroxylation sites is 1. The van der Waals surface area contributed by atoms with Crippen molar-refractivity contribution in [2.75, 3.05) is 0 Å². The third kappa shape index (κ3) is 3.75. The van der Waals surface area contributed by atoms with Gasteiger partial charge in [0.05, 0.1) is 15.9 Å². The maximum Gasteiger partial charge on any atom is 3.00 e. The minimum atomic E-state index is -4.68. The van der Waals surface area contributed by atoms with Crippen LogP contribution in [0.15, 0.2) is 69.1 Å². The molecule has 2 heterocycles. The Hall–Kier alpha value is -3.04. The molecule has 0 fully saturated rings. The number of pyridine rings is 2. The van der Waals surface area contributed by atoms with Gasteiger partial charge in [0.25, 0.3) is 0 Å². The van der Waals surface area contributed by atoms with Gasteiger partial charge in [-0.15, -0.1) is 0 Å². The summed E-state index contributed by atoms with van der Waals surface area (Å²) >= 11 is 0. The molecular weight excluding hydrogens is 439 g/mol. The first kappa shape index (κ1) is 24.2. The molecule has 0 saturated carbocycles. The van der Waals surface area contributed by atoms with Gasteiger partial charge in [0.1, 0.15) is 10.1 Å². The molecule has 11 heteroatoms. The van der Waals surface area contributed by atoms with Crippen LogP contribution in [0.1, 0.15) is 0 Å². The summed E-state index contributed by atoms with van der Waals surface area (Å²) in [6.45, 7) is 0. The second kappa shape index (κ2) is 8.24. The van der Waals surface area contributed by atoms with E-state index in [0.29, 0.717) is 32.8 Å². The molecule has 0 spiro atoms. The molecule has 0 aliphatic heterocycles. The molecule has 0 amide bonds. The molecule has 0 radical (unpaired) electrons. The first-order chi connectivity index (χ1) is 13.3. The number of hydrogen-bond acceptors (Lipinski definition) is 7. The van der Waals surface area contributed by atoms with Crippen LogP contribution in [0, 0.1) is 0 Å². The number of benzene rings is 3. The van der Waals surface area contributed by atoms with Crippen LogP contribution in [0.25, 0.3) is 43.6 Å². The predicted octanol–water partition coefficient (Wildman–Crippen LogP) is 1.85. The summed E-state index contributed by atoms with van der Waals surface area (Å²) in [6, 6.07) is 13.8. The van der Waals surface area contributed by atoms with Gasteiger partial charge < -0.3 is 25.5 Å². The molecule has 5 aromatic rings. The molecule has 0 bridgehead atoms. The average molecular weight is 452 g/mol. The van der Waals surface area contributed by atoms with E-state index >= 15 is 0 Å². The first-order valence-corrected chi connectivity index (χ1v) is 9.74. The van der Waals surface area contributed by atoms with Crippen molar-refractivity contribution < 1.29 is 23.9 Å². The van der Waals surface area contributed by atoms with Crippen LogP contribution in [-0.4, -0.2) is 51.3 Å². The largest absolute Gasteiger partial charge is 3.00 e. The summed E-state index contributed by atoms with van der Waals surface area (Å²) in [6.07, 6.45) is 0. The maximum atomic E-state index is 13.0. The Bertz CT molecular complexity index is 1690. The predicted molar refractivity (Wildman–Crippen MR) is 115 cm³/mol. The molecule has 0 unspecified atom stereocenters. The summed E-state index contributed by atoms with van der Waals surface area (Å²) in [4.78, 5) is 31.5. The minimum absolute atomic E-state index is 0. The fourth-order valence-electron chi connectivity index (χ4n) is 3.53. The van der Waals surface area contributed by atoms with Crippen LogP contribution in [0.2, 0.25) is 0 Å². The SMILES string of the molecule is O=c1c2ccccc2[nH]c2cc3c(=O)c4cc(S(=O)(=O)[O-])ccc4[nH]c3cc12.[Al+3].[OH-].[OH-]. The molecule has 31 heavy (non-hydrogen) atoms. The third-order valence-electron chi connectivity index (χ3n) is 4.88. The van der Waals surface area contributed by atoms with Crippen LogP contribution in [0.3, 0.4) is 0 Å². The van der Waals surface area contributed by atoms with E-state index in [1.165, 1.54) is 6.07 Å². The Kier molecular flexibility index (Phi) is 6.44. The van der Waals surface area contributed by atoms with Gasteiger partial charge in [-0.05, 0) is 42.5 Å². The second-order valence-electron chi connectivity index (χ2n) is 6.56. The normalized spacial score (nSPS) is 11.1. The van der Waals surface area contributed by atoms with Crippen LogP contribution < -0.4 is 10.9 Å². The van der Waals surface area contributed by atoms with Crippen LogP contribution in [0.5, 0.6) is 0 Å². The van der Waals surface area contributed by atoms with Crippen molar-refractivity contribution in [2.24, 2.45) is 0 Å². The number of rotatable bonds is 1. The fraction of sp³-hybridized carbons (Fsp3) is 0. The molecule has 4 N–H and O–H groups in total. The molecule has 0 saturated heterocycles. The van der Waals surface area contributed by atoms with Gasteiger partial charge in [-0.25, -0.2) is 8.42 Å². The van der Waals surface area contributed by atoms with Crippen LogP contribution >= 0.6 is 0 Å². The standard InChI is InChI=1S/C20H12N2O5S.Al.2H2O/c23-19-11-3-1-2-4-15(11)21-17-9-14-18(8-13(17)19)22-16-6-5-10(28(25,26)27)7-12(16)20(14)24;;;/h1-9H,(H,21,23)(H,22,24)(H,25,26,27);;2*1H2/q;+3;;/p-3. The topological polar surface area (TPSA) is 183 Å². The van der Waals surface area contributed by atoms with Gasteiger partial charge in [-0.2, -0.15) is 0 Å². The van der Waals surface area contributed by atoms with Crippen molar-refractivity contribution >= 4 is 71.1 Å². The second-order valence-corrected chi connectivity index (χ2v) is 7.94. The number of hydrogen-bond donors (Lipinski definition) is 2. The molecule has 9 nitrogen and oxygen atoms in total. The summed E-state index contributed by atoms with van der Waals surface area (Å²) < 4.78 is 33.8. The maximum absolute atomic E-state index is 13.0. The quantitative estimate of drug-likeness (QED) is 0.221. The molecule has 0 atom stereocenters. The van der Waals surface area contributed by atoms with E-state index in [2.05, 4.69) is 9.97 Å². The molecule has 0 aliphatic rings. The zero-order valence-corrected chi connectivity index (χ0v) is 17.6. The Morgan fingerprint density at radius 2 is 1.13 bits per heavy atom. The molecule has 3 aromatic carbocycles. The van der Waals surface area contributed by atoms with Crippen LogP contribution in [0.4, 0.5) is 0 Å². The number of fused-ring (bicyclic) bond motifs is 4. The minimum Gasteiger partial charge on any atom is -0.870 e. The summed E-state index contributed by atoms with van der Waals surface area (Å²) in [5.74, 6) is 0. The van der Waals surface area contributed by atoms with E-state index in [0.717, 1.165) is 12.1 Å². The average Bonchev–Trinajstić information content (AvgIpc) is 2.67. The first-order valence-electron chi connectivity index (χ1n) is 8.33. The van der Waals surface area contributed by atoms with Gasteiger partial charge in [0.15, 0.2) is 10.9 Å². The number of H-pyrrole nitrogens is 2. The van der Waals surface area contributed by atoms with Crippen molar-refractivity contribution in [2.45, 2.75) is 4.90 Å². The van der Waals surface area contributed by atoms with Crippen molar-refractivity contribution in [3.8, 4) is 0 Å². The van der Waals surface area contributed by atoms with Crippen molar-refractivity contribution in [3.05, 3.63) is 75.0 Å². The Morgan fingerprint density at radius 3 is 1.71 bits per heavy atom. The van der Waals surface area contributed by atoms with Gasteiger partial charge in [-0.1, -0.05) is 12.1 Å². The van der Waals surface area contributed by atoms with Gasteiger partial charge >= 0.3 is 17.4 Å². The fourth-order valence-corrected chi connectivity index (χ4v) is 4.03. The molecular formula is C20H13AlN2O7S. The smallest absolute Gasteiger partial charge is 0.870 e. The van der Waals surface area contributed by atoms with Crippen molar-refractivity contribution in [3.63, 3.8) is 0 Å². The van der Waals surface area contributed by atoms with E-state index in [1.54, 1.807) is 36.4 Å². The van der Waals surface area contributed by atoms with E-state index in [4.69, 9.17) is 0 Å². The monoisotopic (exact) mass is 452 g/mol. The summed E-state index contributed by atoms with van der Waals surface area (Å²) in [7, 11) is -4.68. The van der Waals surface area contributed by atoms with E-state index in [-0.39, 0.29) is 44.5 Å².